The van der Waals surface area contributed by atoms with Gasteiger partial charge in [-0.3, -0.25) is 9.78 Å². The minimum atomic E-state index is -0.547. The lowest BCUT2D eigenvalue weighted by atomic mass is 10.1. The molecule has 1 aromatic carbocycles. The summed E-state index contributed by atoms with van der Waals surface area (Å²) in [5, 5.41) is 2.76. The Hall–Kier alpha value is -1.75. The summed E-state index contributed by atoms with van der Waals surface area (Å²) < 4.78 is 14.1. The van der Waals surface area contributed by atoms with Crippen molar-refractivity contribution in [2.75, 3.05) is 0 Å². The van der Waals surface area contributed by atoms with Crippen LogP contribution in [0.2, 0.25) is 0 Å². The molecule has 19 heavy (non-hydrogen) atoms. The van der Waals surface area contributed by atoms with Gasteiger partial charge in [0.05, 0.1) is 11.6 Å². The lowest BCUT2D eigenvalue weighted by Gasteiger charge is -2.15. The van der Waals surface area contributed by atoms with Crippen molar-refractivity contribution in [1.82, 2.24) is 10.3 Å². The third-order valence-corrected chi connectivity index (χ3v) is 3.40. The zero-order valence-corrected chi connectivity index (χ0v) is 11.8. The third-order valence-electron chi connectivity index (χ3n) is 2.74. The predicted octanol–water partition coefficient (Wildman–Crippen LogP) is 3.47. The number of carbonyl (C=O) groups excluding carboxylic acids is 1. The standard InChI is InChI=1S/C14H12BrFN2O/c1-9(10-5-7-17-8-6-10)18-14(19)13-11(15)3-2-4-12(13)16/h2-9H,1H3,(H,18,19). The normalized spacial score (nSPS) is 11.9. The first-order valence-corrected chi connectivity index (χ1v) is 6.53. The highest BCUT2D eigenvalue weighted by Crippen LogP contribution is 2.20. The maximum atomic E-state index is 13.7. The molecule has 1 atom stereocenters. The Morgan fingerprint density at radius 3 is 2.63 bits per heavy atom. The first-order valence-electron chi connectivity index (χ1n) is 5.74. The molecule has 0 saturated carbocycles. The molecule has 2 aromatic rings. The van der Waals surface area contributed by atoms with Gasteiger partial charge in [0.1, 0.15) is 5.82 Å². The summed E-state index contributed by atoms with van der Waals surface area (Å²) in [6.07, 6.45) is 3.30. The fraction of sp³-hybridized carbons (Fsp3) is 0.143. The van der Waals surface area contributed by atoms with E-state index in [4.69, 9.17) is 0 Å². The molecule has 0 fully saturated rings. The second-order valence-electron chi connectivity index (χ2n) is 4.07. The van der Waals surface area contributed by atoms with Crippen molar-refractivity contribution in [1.29, 1.82) is 0 Å². The van der Waals surface area contributed by atoms with Gasteiger partial charge in [0, 0.05) is 16.9 Å². The van der Waals surface area contributed by atoms with Gasteiger partial charge in [-0.15, -0.1) is 0 Å². The van der Waals surface area contributed by atoms with Crippen LogP contribution in [0.25, 0.3) is 0 Å². The summed E-state index contributed by atoms with van der Waals surface area (Å²) in [4.78, 5) is 16.0. The van der Waals surface area contributed by atoms with E-state index in [2.05, 4.69) is 26.2 Å². The molecule has 0 saturated heterocycles. The first-order chi connectivity index (χ1) is 9.09. The maximum Gasteiger partial charge on any atom is 0.255 e. The van der Waals surface area contributed by atoms with Gasteiger partial charge in [0.15, 0.2) is 0 Å². The molecule has 0 aliphatic carbocycles. The number of halogens is 2. The molecule has 1 amide bonds. The zero-order valence-electron chi connectivity index (χ0n) is 10.2. The minimum Gasteiger partial charge on any atom is -0.345 e. The average molecular weight is 323 g/mol. The number of aromatic nitrogens is 1. The van der Waals surface area contributed by atoms with Crippen LogP contribution < -0.4 is 5.32 Å². The molecule has 0 radical (unpaired) electrons. The Kier molecular flexibility index (Phi) is 4.27. The molecular formula is C14H12BrFN2O. The molecule has 0 aliphatic rings. The van der Waals surface area contributed by atoms with Crippen LogP contribution in [0.3, 0.4) is 0 Å². The number of amides is 1. The van der Waals surface area contributed by atoms with Gasteiger partial charge in [-0.2, -0.15) is 0 Å². The Morgan fingerprint density at radius 1 is 1.32 bits per heavy atom. The number of rotatable bonds is 3. The molecule has 1 heterocycles. The lowest BCUT2D eigenvalue weighted by molar-refractivity contribution is 0.0935. The average Bonchev–Trinajstić information content (AvgIpc) is 2.39. The monoisotopic (exact) mass is 322 g/mol. The van der Waals surface area contributed by atoms with E-state index in [1.807, 2.05) is 6.92 Å². The van der Waals surface area contributed by atoms with Crippen LogP contribution in [0.15, 0.2) is 47.2 Å². The lowest BCUT2D eigenvalue weighted by Crippen LogP contribution is -2.27. The zero-order chi connectivity index (χ0) is 13.8. The van der Waals surface area contributed by atoms with Gasteiger partial charge >= 0.3 is 0 Å². The Labute approximate surface area is 119 Å². The van der Waals surface area contributed by atoms with Crippen molar-refractivity contribution in [2.45, 2.75) is 13.0 Å². The van der Waals surface area contributed by atoms with Gasteiger partial charge in [-0.25, -0.2) is 4.39 Å². The molecule has 2 rings (SSSR count). The van der Waals surface area contributed by atoms with Crippen LogP contribution in [-0.2, 0) is 0 Å². The summed E-state index contributed by atoms with van der Waals surface area (Å²) in [7, 11) is 0. The minimum absolute atomic E-state index is 0.0170. The van der Waals surface area contributed by atoms with Crippen molar-refractivity contribution >= 4 is 21.8 Å². The van der Waals surface area contributed by atoms with Crippen molar-refractivity contribution in [3.63, 3.8) is 0 Å². The van der Waals surface area contributed by atoms with Crippen LogP contribution in [0.4, 0.5) is 4.39 Å². The largest absolute Gasteiger partial charge is 0.345 e. The number of nitrogens with zero attached hydrogens (tertiary/aromatic N) is 1. The van der Waals surface area contributed by atoms with Crippen molar-refractivity contribution in [3.05, 3.63) is 64.1 Å². The van der Waals surface area contributed by atoms with E-state index in [0.29, 0.717) is 4.47 Å². The molecule has 0 spiro atoms. The van der Waals surface area contributed by atoms with Crippen molar-refractivity contribution in [3.8, 4) is 0 Å². The fourth-order valence-corrected chi connectivity index (χ4v) is 2.24. The molecule has 0 bridgehead atoms. The Balaban J connectivity index is 2.18. The number of nitrogens with one attached hydrogen (secondary N) is 1. The number of pyridine rings is 1. The topological polar surface area (TPSA) is 42.0 Å². The van der Waals surface area contributed by atoms with E-state index in [1.54, 1.807) is 36.7 Å². The van der Waals surface area contributed by atoms with Crippen LogP contribution in [0.1, 0.15) is 28.9 Å². The molecular weight excluding hydrogens is 311 g/mol. The van der Waals surface area contributed by atoms with Crippen LogP contribution in [0, 0.1) is 5.82 Å². The van der Waals surface area contributed by atoms with Crippen LogP contribution in [0.5, 0.6) is 0 Å². The Morgan fingerprint density at radius 2 is 2.00 bits per heavy atom. The van der Waals surface area contributed by atoms with E-state index in [1.165, 1.54) is 6.07 Å². The fourth-order valence-electron chi connectivity index (χ4n) is 1.72. The van der Waals surface area contributed by atoms with Crippen LogP contribution >= 0.6 is 15.9 Å². The number of hydrogen-bond acceptors (Lipinski definition) is 2. The molecule has 98 valence electrons. The first kappa shape index (κ1) is 13.7. The van der Waals surface area contributed by atoms with E-state index in [-0.39, 0.29) is 11.6 Å². The SMILES string of the molecule is CC(NC(=O)c1c(F)cccc1Br)c1ccncc1. The van der Waals surface area contributed by atoms with E-state index in [0.717, 1.165) is 5.56 Å². The molecule has 0 aliphatic heterocycles. The highest BCUT2D eigenvalue weighted by molar-refractivity contribution is 9.10. The van der Waals surface area contributed by atoms with Gasteiger partial charge in [-0.05, 0) is 52.7 Å². The summed E-state index contributed by atoms with van der Waals surface area (Å²) in [6.45, 7) is 1.84. The van der Waals surface area contributed by atoms with E-state index < -0.39 is 11.7 Å². The van der Waals surface area contributed by atoms with Gasteiger partial charge in [0.25, 0.3) is 5.91 Å². The second-order valence-corrected chi connectivity index (χ2v) is 4.93. The van der Waals surface area contributed by atoms with Gasteiger partial charge < -0.3 is 5.32 Å². The number of carbonyl (C=O) groups is 1. The van der Waals surface area contributed by atoms with Gasteiger partial charge in [0.2, 0.25) is 0 Å². The molecule has 5 heteroatoms. The van der Waals surface area contributed by atoms with E-state index >= 15 is 0 Å². The second kappa shape index (κ2) is 5.93. The molecule has 1 aromatic heterocycles. The third kappa shape index (κ3) is 3.17. The van der Waals surface area contributed by atoms with Crippen molar-refractivity contribution < 1.29 is 9.18 Å². The maximum absolute atomic E-state index is 13.7. The summed E-state index contributed by atoms with van der Waals surface area (Å²) >= 11 is 3.18. The van der Waals surface area contributed by atoms with Gasteiger partial charge in [-0.1, -0.05) is 6.07 Å². The summed E-state index contributed by atoms with van der Waals surface area (Å²) in [6, 6.07) is 7.83. The molecule has 1 unspecified atom stereocenters. The molecule has 1 N–H and O–H groups in total. The Bertz CT molecular complexity index is 569. The quantitative estimate of drug-likeness (QED) is 0.940. The van der Waals surface area contributed by atoms with E-state index in [9.17, 15) is 9.18 Å². The van der Waals surface area contributed by atoms with Crippen molar-refractivity contribution in [2.24, 2.45) is 0 Å². The number of benzene rings is 1. The molecule has 3 nitrogen and oxygen atoms in total. The highest BCUT2D eigenvalue weighted by atomic mass is 79.9. The van der Waals surface area contributed by atoms with Crippen LogP contribution in [-0.4, -0.2) is 10.9 Å². The summed E-state index contributed by atoms with van der Waals surface area (Å²) in [5.41, 5.74) is 0.930. The summed E-state index contributed by atoms with van der Waals surface area (Å²) in [5.74, 6) is -0.997. The number of hydrogen-bond donors (Lipinski definition) is 1. The highest BCUT2D eigenvalue weighted by Gasteiger charge is 2.17. The predicted molar refractivity (Wildman–Crippen MR) is 74.2 cm³/mol. The smallest absolute Gasteiger partial charge is 0.255 e.